The van der Waals surface area contributed by atoms with Crippen molar-refractivity contribution in [1.82, 2.24) is 0 Å². The van der Waals surface area contributed by atoms with Crippen molar-refractivity contribution in [2.75, 3.05) is 9.80 Å². The molecule has 240 valence electrons. The standard InChI is InChI=1S/C46H46N2/c1-4-5-6-7-10-36-14-25-42(26-15-36)47(45-11-8-9-35(3)32-45)43-27-18-37(19-28-43)38-20-29-44(30-21-38)48(41-23-12-34(2)13-24-41)46-31-22-39-16-17-40(39)33-46/h8-9,11-15,18-33H,4-7,10,16-17H2,1-3H3. The van der Waals surface area contributed by atoms with Gasteiger partial charge in [0.2, 0.25) is 0 Å². The molecule has 0 heterocycles. The van der Waals surface area contributed by atoms with Crippen LogP contribution in [0, 0.1) is 13.8 Å². The Bertz CT molecular complexity index is 1950. The predicted octanol–water partition coefficient (Wildman–Crippen LogP) is 13.1. The Balaban J connectivity index is 1.15. The largest absolute Gasteiger partial charge is 0.310 e. The van der Waals surface area contributed by atoms with Crippen LogP contribution < -0.4 is 9.80 Å². The van der Waals surface area contributed by atoms with E-state index in [4.69, 9.17) is 0 Å². The van der Waals surface area contributed by atoms with Gasteiger partial charge in [0.15, 0.2) is 0 Å². The third kappa shape index (κ3) is 6.94. The number of aryl methyl sites for hydroxylation is 5. The van der Waals surface area contributed by atoms with Crippen molar-refractivity contribution in [3.05, 3.63) is 167 Å². The molecule has 48 heavy (non-hydrogen) atoms. The van der Waals surface area contributed by atoms with E-state index in [9.17, 15) is 0 Å². The van der Waals surface area contributed by atoms with Crippen LogP contribution >= 0.6 is 0 Å². The Morgan fingerprint density at radius 3 is 1.48 bits per heavy atom. The molecule has 6 aromatic rings. The molecule has 0 saturated heterocycles. The highest BCUT2D eigenvalue weighted by molar-refractivity contribution is 5.81. The zero-order valence-electron chi connectivity index (χ0n) is 28.6. The van der Waals surface area contributed by atoms with Crippen LogP contribution in [0.1, 0.15) is 60.4 Å². The summed E-state index contributed by atoms with van der Waals surface area (Å²) in [5.41, 5.74) is 16.4. The third-order valence-electron chi connectivity index (χ3n) is 9.76. The molecule has 2 nitrogen and oxygen atoms in total. The molecule has 0 spiro atoms. The fourth-order valence-electron chi connectivity index (χ4n) is 6.85. The van der Waals surface area contributed by atoms with E-state index in [-0.39, 0.29) is 0 Å². The second kappa shape index (κ2) is 14.4. The van der Waals surface area contributed by atoms with Gasteiger partial charge in [-0.05, 0) is 146 Å². The molecule has 2 heteroatoms. The van der Waals surface area contributed by atoms with E-state index in [0.717, 1.165) is 17.8 Å². The number of hydrogen-bond donors (Lipinski definition) is 0. The summed E-state index contributed by atoms with van der Waals surface area (Å²) in [6.07, 6.45) is 8.68. The van der Waals surface area contributed by atoms with E-state index < -0.39 is 0 Å². The maximum Gasteiger partial charge on any atom is 0.0464 e. The smallest absolute Gasteiger partial charge is 0.0464 e. The highest BCUT2D eigenvalue weighted by Gasteiger charge is 2.18. The minimum atomic E-state index is 1.15. The average Bonchev–Trinajstić information content (AvgIpc) is 3.10. The van der Waals surface area contributed by atoms with Crippen molar-refractivity contribution in [2.24, 2.45) is 0 Å². The van der Waals surface area contributed by atoms with Gasteiger partial charge in [-0.15, -0.1) is 0 Å². The van der Waals surface area contributed by atoms with E-state index in [2.05, 4.69) is 170 Å². The van der Waals surface area contributed by atoms with Crippen LogP contribution in [0.3, 0.4) is 0 Å². The van der Waals surface area contributed by atoms with Crippen molar-refractivity contribution < 1.29 is 0 Å². The number of hydrogen-bond acceptors (Lipinski definition) is 2. The summed E-state index contributed by atoms with van der Waals surface area (Å²) in [6, 6.07) is 51.8. The van der Waals surface area contributed by atoms with Gasteiger partial charge in [-0.3, -0.25) is 0 Å². The lowest BCUT2D eigenvalue weighted by atomic mass is 9.88. The van der Waals surface area contributed by atoms with Crippen molar-refractivity contribution in [1.29, 1.82) is 0 Å². The van der Waals surface area contributed by atoms with Gasteiger partial charge in [0, 0.05) is 34.1 Å². The highest BCUT2D eigenvalue weighted by Crippen LogP contribution is 2.39. The molecule has 0 aromatic heterocycles. The maximum absolute atomic E-state index is 2.38. The zero-order valence-corrected chi connectivity index (χ0v) is 28.6. The van der Waals surface area contributed by atoms with Crippen molar-refractivity contribution >= 4 is 34.1 Å². The minimum Gasteiger partial charge on any atom is -0.310 e. The Hall–Kier alpha value is -5.08. The fourth-order valence-corrected chi connectivity index (χ4v) is 6.85. The number of benzene rings is 6. The summed E-state index contributed by atoms with van der Waals surface area (Å²) in [6.45, 7) is 6.58. The molecule has 6 aromatic carbocycles. The molecule has 0 aliphatic heterocycles. The summed E-state index contributed by atoms with van der Waals surface area (Å²) in [5.74, 6) is 0. The van der Waals surface area contributed by atoms with E-state index in [1.807, 2.05) is 0 Å². The molecule has 0 bridgehead atoms. The Morgan fingerprint density at radius 2 is 0.958 bits per heavy atom. The molecule has 1 aliphatic carbocycles. The Labute approximate surface area is 287 Å². The first-order valence-corrected chi connectivity index (χ1v) is 17.7. The summed E-state index contributed by atoms with van der Waals surface area (Å²) in [4.78, 5) is 4.75. The van der Waals surface area contributed by atoms with Gasteiger partial charge in [-0.1, -0.05) is 98.5 Å². The molecular formula is C46H46N2. The number of nitrogens with zero attached hydrogens (tertiary/aromatic N) is 2. The first-order chi connectivity index (χ1) is 23.6. The lowest BCUT2D eigenvalue weighted by molar-refractivity contribution is 0.667. The van der Waals surface area contributed by atoms with Gasteiger partial charge in [0.1, 0.15) is 0 Å². The minimum absolute atomic E-state index is 1.15. The highest BCUT2D eigenvalue weighted by atomic mass is 15.1. The molecule has 0 unspecified atom stereocenters. The van der Waals surface area contributed by atoms with Crippen molar-refractivity contribution in [3.63, 3.8) is 0 Å². The fraction of sp³-hybridized carbons (Fsp3) is 0.217. The monoisotopic (exact) mass is 626 g/mol. The van der Waals surface area contributed by atoms with Crippen LogP contribution in [-0.4, -0.2) is 0 Å². The lowest BCUT2D eigenvalue weighted by Crippen LogP contribution is -2.13. The van der Waals surface area contributed by atoms with E-state index in [1.165, 1.54) is 100 Å². The molecule has 0 N–H and O–H groups in total. The van der Waals surface area contributed by atoms with Crippen LogP contribution in [0.15, 0.2) is 140 Å². The molecule has 0 saturated carbocycles. The third-order valence-corrected chi connectivity index (χ3v) is 9.76. The van der Waals surface area contributed by atoms with E-state index in [0.29, 0.717) is 0 Å². The maximum atomic E-state index is 2.38. The molecule has 0 fully saturated rings. The Kier molecular flexibility index (Phi) is 9.43. The van der Waals surface area contributed by atoms with Gasteiger partial charge < -0.3 is 9.80 Å². The average molecular weight is 627 g/mol. The molecule has 0 amide bonds. The first-order valence-electron chi connectivity index (χ1n) is 17.7. The Morgan fingerprint density at radius 1 is 0.438 bits per heavy atom. The van der Waals surface area contributed by atoms with Crippen LogP contribution in [0.4, 0.5) is 34.1 Å². The summed E-state index contributed by atoms with van der Waals surface area (Å²) >= 11 is 0. The number of fused-ring (bicyclic) bond motifs is 1. The van der Waals surface area contributed by atoms with Crippen LogP contribution in [0.25, 0.3) is 11.1 Å². The van der Waals surface area contributed by atoms with Crippen LogP contribution in [-0.2, 0) is 19.3 Å². The molecule has 7 rings (SSSR count). The normalized spacial score (nSPS) is 11.9. The quantitative estimate of drug-likeness (QED) is 0.125. The SMILES string of the molecule is CCCCCCc1ccc(N(c2ccc(-c3ccc(N(c4ccc(C)cc4)c4ccc5c(c4)CC5)cc3)cc2)c2cccc(C)c2)cc1. The van der Waals surface area contributed by atoms with Gasteiger partial charge in [0.25, 0.3) is 0 Å². The molecule has 1 aliphatic rings. The van der Waals surface area contributed by atoms with Crippen molar-refractivity contribution in [3.8, 4) is 11.1 Å². The first kappa shape index (κ1) is 31.5. The predicted molar refractivity (Wildman–Crippen MR) is 206 cm³/mol. The number of rotatable bonds is 12. The lowest BCUT2D eigenvalue weighted by Gasteiger charge is -2.28. The second-order valence-electron chi connectivity index (χ2n) is 13.4. The summed E-state index contributed by atoms with van der Waals surface area (Å²) in [5, 5.41) is 0. The van der Waals surface area contributed by atoms with Gasteiger partial charge in [-0.25, -0.2) is 0 Å². The number of unbranched alkanes of at least 4 members (excludes halogenated alkanes) is 3. The number of anilines is 6. The van der Waals surface area contributed by atoms with Crippen LogP contribution in [0.2, 0.25) is 0 Å². The zero-order chi connectivity index (χ0) is 32.9. The topological polar surface area (TPSA) is 6.48 Å². The summed E-state index contributed by atoms with van der Waals surface area (Å²) in [7, 11) is 0. The van der Waals surface area contributed by atoms with Crippen molar-refractivity contribution in [2.45, 2.75) is 65.7 Å². The second-order valence-corrected chi connectivity index (χ2v) is 13.4. The van der Waals surface area contributed by atoms with Crippen LogP contribution in [0.5, 0.6) is 0 Å². The molecule has 0 radical (unpaired) electrons. The van der Waals surface area contributed by atoms with E-state index >= 15 is 0 Å². The summed E-state index contributed by atoms with van der Waals surface area (Å²) < 4.78 is 0. The van der Waals surface area contributed by atoms with Gasteiger partial charge in [-0.2, -0.15) is 0 Å². The van der Waals surface area contributed by atoms with Gasteiger partial charge >= 0.3 is 0 Å². The van der Waals surface area contributed by atoms with Gasteiger partial charge in [0.05, 0.1) is 0 Å². The van der Waals surface area contributed by atoms with E-state index in [1.54, 1.807) is 0 Å². The molecular weight excluding hydrogens is 581 g/mol. The molecule has 0 atom stereocenters.